The lowest BCUT2D eigenvalue weighted by molar-refractivity contribution is 0.0999. The number of pyridine rings is 1. The van der Waals surface area contributed by atoms with Gasteiger partial charge >= 0.3 is 0 Å². The molecule has 1 aromatic carbocycles. The van der Waals surface area contributed by atoms with E-state index in [4.69, 9.17) is 22.1 Å². The number of nitrogens with two attached hydrogens (primary N) is 1. The summed E-state index contributed by atoms with van der Waals surface area (Å²) < 4.78 is 19.0. The number of nitrogens with zero attached hydrogens (tertiary/aromatic N) is 1. The van der Waals surface area contributed by atoms with E-state index in [2.05, 4.69) is 4.98 Å². The average molecular weight is 281 g/mol. The fourth-order valence-electron chi connectivity index (χ4n) is 1.43. The Balaban J connectivity index is 2.07. The number of rotatable bonds is 4. The SMILES string of the molecule is NC(=O)c1ccc(COc2ccc(Cl)nc2)c(F)c1. The van der Waals surface area contributed by atoms with Gasteiger partial charge in [0.05, 0.1) is 6.20 Å². The molecule has 0 spiro atoms. The highest BCUT2D eigenvalue weighted by atomic mass is 35.5. The van der Waals surface area contributed by atoms with Crippen molar-refractivity contribution in [1.29, 1.82) is 0 Å². The van der Waals surface area contributed by atoms with E-state index in [0.29, 0.717) is 16.5 Å². The molecule has 0 aliphatic carbocycles. The van der Waals surface area contributed by atoms with Gasteiger partial charge in [0, 0.05) is 11.1 Å². The lowest BCUT2D eigenvalue weighted by atomic mass is 10.1. The van der Waals surface area contributed by atoms with E-state index >= 15 is 0 Å². The van der Waals surface area contributed by atoms with Crippen LogP contribution >= 0.6 is 11.6 Å². The summed E-state index contributed by atoms with van der Waals surface area (Å²) in [4.78, 5) is 14.7. The molecule has 0 aliphatic rings. The Morgan fingerprint density at radius 3 is 2.74 bits per heavy atom. The number of aromatic nitrogens is 1. The maximum absolute atomic E-state index is 13.7. The summed E-state index contributed by atoms with van der Waals surface area (Å²) >= 11 is 5.63. The molecule has 0 aliphatic heterocycles. The molecule has 0 saturated heterocycles. The van der Waals surface area contributed by atoms with Gasteiger partial charge in [0.1, 0.15) is 23.3 Å². The predicted octanol–water partition coefficient (Wildman–Crippen LogP) is 2.55. The second-order valence-corrected chi connectivity index (χ2v) is 4.16. The number of benzene rings is 1. The zero-order chi connectivity index (χ0) is 13.8. The normalized spacial score (nSPS) is 10.2. The third-order valence-electron chi connectivity index (χ3n) is 2.43. The Bertz CT molecular complexity index is 602. The molecule has 0 saturated carbocycles. The minimum Gasteiger partial charge on any atom is -0.487 e. The topological polar surface area (TPSA) is 65.2 Å². The van der Waals surface area contributed by atoms with Crippen LogP contribution in [0.3, 0.4) is 0 Å². The van der Waals surface area contributed by atoms with Gasteiger partial charge < -0.3 is 10.5 Å². The standard InChI is InChI=1S/C13H10ClFN2O2/c14-12-4-3-10(6-17-12)19-7-9-2-1-8(13(16)18)5-11(9)15/h1-6H,7H2,(H2,16,18). The minimum atomic E-state index is -0.673. The summed E-state index contributed by atoms with van der Waals surface area (Å²) in [5.41, 5.74) is 5.49. The highest BCUT2D eigenvalue weighted by Gasteiger charge is 2.07. The second kappa shape index (κ2) is 5.67. The molecular weight excluding hydrogens is 271 g/mol. The number of primary amides is 1. The molecule has 6 heteroatoms. The second-order valence-electron chi connectivity index (χ2n) is 3.78. The van der Waals surface area contributed by atoms with Crippen molar-refractivity contribution < 1.29 is 13.9 Å². The summed E-state index contributed by atoms with van der Waals surface area (Å²) in [6.45, 7) is 0.0220. The van der Waals surface area contributed by atoms with E-state index in [1.54, 1.807) is 12.1 Å². The third kappa shape index (κ3) is 3.42. The number of ether oxygens (including phenoxy) is 1. The van der Waals surface area contributed by atoms with E-state index in [9.17, 15) is 9.18 Å². The van der Waals surface area contributed by atoms with E-state index in [0.717, 1.165) is 6.07 Å². The first-order chi connectivity index (χ1) is 9.06. The van der Waals surface area contributed by atoms with Crippen LogP contribution in [-0.4, -0.2) is 10.9 Å². The van der Waals surface area contributed by atoms with Gasteiger partial charge in [-0.25, -0.2) is 9.37 Å². The van der Waals surface area contributed by atoms with Crippen molar-refractivity contribution in [3.8, 4) is 5.75 Å². The molecule has 98 valence electrons. The molecule has 1 amide bonds. The van der Waals surface area contributed by atoms with Gasteiger partial charge in [-0.05, 0) is 24.3 Å². The number of amides is 1. The Hall–Kier alpha value is -2.14. The fourth-order valence-corrected chi connectivity index (χ4v) is 1.54. The van der Waals surface area contributed by atoms with E-state index in [-0.39, 0.29) is 12.2 Å². The Morgan fingerprint density at radius 2 is 2.16 bits per heavy atom. The van der Waals surface area contributed by atoms with Gasteiger partial charge in [-0.15, -0.1) is 0 Å². The quantitative estimate of drug-likeness (QED) is 0.875. The lowest BCUT2D eigenvalue weighted by Crippen LogP contribution is -2.11. The maximum atomic E-state index is 13.7. The summed E-state index contributed by atoms with van der Waals surface area (Å²) in [6.07, 6.45) is 1.44. The van der Waals surface area contributed by atoms with Gasteiger partial charge in [-0.2, -0.15) is 0 Å². The first-order valence-corrected chi connectivity index (χ1v) is 5.76. The molecule has 0 unspecified atom stereocenters. The van der Waals surface area contributed by atoms with Crippen LogP contribution in [0.2, 0.25) is 5.15 Å². The zero-order valence-corrected chi connectivity index (χ0v) is 10.5. The third-order valence-corrected chi connectivity index (χ3v) is 2.66. The molecule has 0 radical (unpaired) electrons. The van der Waals surface area contributed by atoms with Crippen LogP contribution in [0.15, 0.2) is 36.5 Å². The maximum Gasteiger partial charge on any atom is 0.248 e. The van der Waals surface area contributed by atoms with Crippen molar-refractivity contribution >= 4 is 17.5 Å². The van der Waals surface area contributed by atoms with E-state index in [1.165, 1.54) is 18.3 Å². The summed E-state index contributed by atoms with van der Waals surface area (Å²) in [6, 6.07) is 7.19. The van der Waals surface area contributed by atoms with Gasteiger partial charge in [0.25, 0.3) is 0 Å². The molecule has 1 aromatic heterocycles. The molecule has 19 heavy (non-hydrogen) atoms. The Morgan fingerprint density at radius 1 is 1.37 bits per heavy atom. The molecule has 0 fully saturated rings. The Kier molecular flexibility index (Phi) is 3.97. The van der Waals surface area contributed by atoms with Gasteiger partial charge in [-0.1, -0.05) is 17.7 Å². The van der Waals surface area contributed by atoms with Crippen LogP contribution < -0.4 is 10.5 Å². The van der Waals surface area contributed by atoms with Crippen molar-refractivity contribution in [2.75, 3.05) is 0 Å². The number of halogens is 2. The molecule has 2 rings (SSSR count). The van der Waals surface area contributed by atoms with Gasteiger partial charge in [0.2, 0.25) is 5.91 Å². The van der Waals surface area contributed by atoms with Crippen LogP contribution in [-0.2, 0) is 6.61 Å². The number of hydrogen-bond donors (Lipinski definition) is 1. The average Bonchev–Trinajstić information content (AvgIpc) is 2.39. The first-order valence-electron chi connectivity index (χ1n) is 5.39. The molecule has 1 heterocycles. The molecule has 0 bridgehead atoms. The monoisotopic (exact) mass is 280 g/mol. The minimum absolute atomic E-state index is 0.0220. The molecule has 2 aromatic rings. The fraction of sp³-hybridized carbons (Fsp3) is 0.0769. The smallest absolute Gasteiger partial charge is 0.248 e. The summed E-state index contributed by atoms with van der Waals surface area (Å²) in [5.74, 6) is -0.741. The molecule has 2 N–H and O–H groups in total. The van der Waals surface area contributed by atoms with E-state index < -0.39 is 11.7 Å². The van der Waals surface area contributed by atoms with Gasteiger partial charge in [-0.3, -0.25) is 4.79 Å². The number of carbonyl (C=O) groups is 1. The molecule has 0 atom stereocenters. The van der Waals surface area contributed by atoms with Crippen molar-refractivity contribution in [3.05, 3.63) is 58.6 Å². The first kappa shape index (κ1) is 13.3. The zero-order valence-electron chi connectivity index (χ0n) is 9.77. The number of hydrogen-bond acceptors (Lipinski definition) is 3. The summed E-state index contributed by atoms with van der Waals surface area (Å²) in [7, 11) is 0. The van der Waals surface area contributed by atoms with E-state index in [1.807, 2.05) is 0 Å². The highest BCUT2D eigenvalue weighted by Crippen LogP contribution is 2.16. The van der Waals surface area contributed by atoms with Crippen molar-refractivity contribution in [1.82, 2.24) is 4.98 Å². The van der Waals surface area contributed by atoms with Crippen LogP contribution in [0.25, 0.3) is 0 Å². The van der Waals surface area contributed by atoms with Crippen LogP contribution in [0.4, 0.5) is 4.39 Å². The molecular formula is C13H10ClFN2O2. The van der Waals surface area contributed by atoms with Crippen LogP contribution in [0, 0.1) is 5.82 Å². The van der Waals surface area contributed by atoms with Crippen LogP contribution in [0.1, 0.15) is 15.9 Å². The predicted molar refractivity (Wildman–Crippen MR) is 68.5 cm³/mol. The lowest BCUT2D eigenvalue weighted by Gasteiger charge is -2.07. The van der Waals surface area contributed by atoms with Crippen molar-refractivity contribution in [2.24, 2.45) is 5.73 Å². The van der Waals surface area contributed by atoms with Crippen molar-refractivity contribution in [3.63, 3.8) is 0 Å². The number of carbonyl (C=O) groups excluding carboxylic acids is 1. The van der Waals surface area contributed by atoms with Crippen LogP contribution in [0.5, 0.6) is 5.75 Å². The summed E-state index contributed by atoms with van der Waals surface area (Å²) in [5, 5.41) is 0.351. The van der Waals surface area contributed by atoms with Crippen molar-refractivity contribution in [2.45, 2.75) is 6.61 Å². The highest BCUT2D eigenvalue weighted by molar-refractivity contribution is 6.29. The Labute approximate surface area is 114 Å². The van der Waals surface area contributed by atoms with Gasteiger partial charge in [0.15, 0.2) is 0 Å². The largest absolute Gasteiger partial charge is 0.487 e. The molecule has 4 nitrogen and oxygen atoms in total.